The molecule has 130 valence electrons. The molecule has 0 aromatic heterocycles. The molecule has 0 heterocycles. The van der Waals surface area contributed by atoms with Crippen molar-refractivity contribution in [2.45, 2.75) is 96.8 Å². The quantitative estimate of drug-likeness (QED) is 0.242. The summed E-state index contributed by atoms with van der Waals surface area (Å²) in [6.07, 6.45) is 20.4. The van der Waals surface area contributed by atoms with Crippen molar-refractivity contribution in [3.63, 3.8) is 0 Å². The second-order valence-corrected chi connectivity index (χ2v) is 7.61. The molecule has 0 aromatic carbocycles. The molecule has 0 saturated heterocycles. The van der Waals surface area contributed by atoms with Gasteiger partial charge in [0.05, 0.1) is 27.7 Å². The normalized spacial score (nSPS) is 10.9. The number of hydrogen-bond donors (Lipinski definition) is 0. The van der Waals surface area contributed by atoms with Gasteiger partial charge in [-0.1, -0.05) is 84.0 Å². The summed E-state index contributed by atoms with van der Waals surface area (Å²) < 4.78 is 1.12. The van der Waals surface area contributed by atoms with E-state index in [2.05, 4.69) is 28.1 Å². The summed E-state index contributed by atoms with van der Waals surface area (Å²) in [7, 11) is 6.88. The molecular weight excluding hydrogens is 301 g/mol. The van der Waals surface area contributed by atoms with Crippen LogP contribution in [0, 0.1) is 0 Å². The van der Waals surface area contributed by atoms with Crippen molar-refractivity contribution < 1.29 is 34.0 Å². The molecule has 0 atom stereocenters. The van der Waals surface area contributed by atoms with E-state index in [1.165, 1.54) is 96.4 Å². The second kappa shape index (κ2) is 20.3. The van der Waals surface area contributed by atoms with Gasteiger partial charge in [-0.05, 0) is 12.8 Å². The van der Waals surface area contributed by atoms with Gasteiger partial charge in [0.15, 0.2) is 0 Å². The Balaban J connectivity index is -0.00000180. The van der Waals surface area contributed by atoms with Crippen molar-refractivity contribution in [1.29, 1.82) is 0 Å². The Kier molecular flexibility index (Phi) is 25.9. The van der Waals surface area contributed by atoms with Crippen molar-refractivity contribution in [3.05, 3.63) is 0 Å². The van der Waals surface area contributed by atoms with Gasteiger partial charge >= 0.3 is 29.6 Å². The first-order valence-corrected chi connectivity index (χ1v) is 9.36. The Morgan fingerprint density at radius 2 is 0.773 bits per heavy atom. The van der Waals surface area contributed by atoms with Gasteiger partial charge in [0.2, 0.25) is 0 Å². The van der Waals surface area contributed by atoms with E-state index in [-0.39, 0.29) is 42.0 Å². The van der Waals surface area contributed by atoms with E-state index in [0.29, 0.717) is 0 Å². The molecular formula is C19H43ClNNa+2. The van der Waals surface area contributed by atoms with Crippen molar-refractivity contribution in [1.82, 2.24) is 0 Å². The van der Waals surface area contributed by atoms with E-state index in [1.54, 1.807) is 0 Å². The molecule has 1 nitrogen and oxygen atoms in total. The average Bonchev–Trinajstić information content (AvgIpc) is 2.38. The molecule has 0 radical (unpaired) electrons. The summed E-state index contributed by atoms with van der Waals surface area (Å²) in [4.78, 5) is 0. The third kappa shape index (κ3) is 26.2. The number of nitrogens with zero attached hydrogens (tertiary/aromatic N) is 1. The largest absolute Gasteiger partial charge is 1.00 e. The molecule has 0 amide bonds. The van der Waals surface area contributed by atoms with Crippen LogP contribution < -0.4 is 29.6 Å². The fourth-order valence-corrected chi connectivity index (χ4v) is 2.78. The fourth-order valence-electron chi connectivity index (χ4n) is 2.78. The molecule has 0 aliphatic rings. The van der Waals surface area contributed by atoms with Crippen LogP contribution in [0.2, 0.25) is 0 Å². The van der Waals surface area contributed by atoms with Crippen LogP contribution in [0.4, 0.5) is 0 Å². The van der Waals surface area contributed by atoms with E-state index >= 15 is 0 Å². The van der Waals surface area contributed by atoms with Crippen LogP contribution in [0.3, 0.4) is 0 Å². The van der Waals surface area contributed by atoms with Crippen LogP contribution >= 0.6 is 12.4 Å². The molecule has 0 bridgehead atoms. The summed E-state index contributed by atoms with van der Waals surface area (Å²) in [6, 6.07) is 0. The second-order valence-electron chi connectivity index (χ2n) is 7.61. The van der Waals surface area contributed by atoms with Crippen LogP contribution in [0.25, 0.3) is 0 Å². The van der Waals surface area contributed by atoms with Gasteiger partial charge < -0.3 is 4.48 Å². The molecule has 0 rings (SSSR count). The number of quaternary nitrogens is 1. The predicted molar refractivity (Wildman–Crippen MR) is 100 cm³/mol. The van der Waals surface area contributed by atoms with Crippen LogP contribution in [-0.2, 0) is 0 Å². The van der Waals surface area contributed by atoms with E-state index in [4.69, 9.17) is 0 Å². The van der Waals surface area contributed by atoms with Gasteiger partial charge in [0.1, 0.15) is 0 Å². The molecule has 0 fully saturated rings. The van der Waals surface area contributed by atoms with Crippen LogP contribution in [-0.4, -0.2) is 32.2 Å². The first kappa shape index (κ1) is 28.1. The maximum atomic E-state index is 2.29. The van der Waals surface area contributed by atoms with Crippen molar-refractivity contribution in [2.24, 2.45) is 0 Å². The first-order valence-electron chi connectivity index (χ1n) is 9.36. The smallest absolute Gasteiger partial charge is 0.331 e. The maximum Gasteiger partial charge on any atom is 1.00 e. The van der Waals surface area contributed by atoms with Crippen LogP contribution in [0.15, 0.2) is 0 Å². The molecule has 0 saturated carbocycles. The van der Waals surface area contributed by atoms with E-state index in [0.717, 1.165) is 4.48 Å². The molecule has 22 heavy (non-hydrogen) atoms. The Morgan fingerprint density at radius 3 is 1.05 bits per heavy atom. The standard InChI is InChI=1S/C19H42N.ClH.Na/c1-5-6-7-8-9-10-11-12-13-14-15-16-17-18-19-20(2,3)4;;/h5-19H2,1-4H3;1H;/q+1;;+1. The zero-order chi connectivity index (χ0) is 15.1. The molecule has 0 N–H and O–H groups in total. The number of rotatable bonds is 15. The molecule has 0 unspecified atom stereocenters. The van der Waals surface area contributed by atoms with Crippen LogP contribution in [0.1, 0.15) is 96.8 Å². The number of unbranched alkanes of at least 4 members (excludes halogenated alkanes) is 13. The van der Waals surface area contributed by atoms with Gasteiger partial charge in [-0.3, -0.25) is 0 Å². The van der Waals surface area contributed by atoms with E-state index in [1.807, 2.05) is 0 Å². The summed E-state index contributed by atoms with van der Waals surface area (Å²) in [5.74, 6) is 0. The minimum Gasteiger partial charge on any atom is -0.331 e. The zero-order valence-corrected chi connectivity index (χ0v) is 19.3. The third-order valence-electron chi connectivity index (χ3n) is 4.18. The van der Waals surface area contributed by atoms with Gasteiger partial charge in [-0.15, -0.1) is 12.4 Å². The van der Waals surface area contributed by atoms with Gasteiger partial charge in [0, 0.05) is 0 Å². The van der Waals surface area contributed by atoms with Crippen molar-refractivity contribution in [3.8, 4) is 0 Å². The molecule has 0 aliphatic carbocycles. The van der Waals surface area contributed by atoms with E-state index < -0.39 is 0 Å². The zero-order valence-electron chi connectivity index (χ0n) is 16.5. The summed E-state index contributed by atoms with van der Waals surface area (Å²) in [5, 5.41) is 0. The number of halogens is 1. The van der Waals surface area contributed by atoms with Gasteiger partial charge in [-0.2, -0.15) is 0 Å². The minimum atomic E-state index is 0. The van der Waals surface area contributed by atoms with E-state index in [9.17, 15) is 0 Å². The Bertz CT molecular complexity index is 192. The predicted octanol–water partition coefficient (Wildman–Crippen LogP) is 3.60. The van der Waals surface area contributed by atoms with Crippen molar-refractivity contribution >= 4 is 12.4 Å². The summed E-state index contributed by atoms with van der Waals surface area (Å²) >= 11 is 0. The first-order chi connectivity index (χ1) is 9.56. The molecule has 0 aromatic rings. The summed E-state index contributed by atoms with van der Waals surface area (Å²) in [6.45, 7) is 3.63. The molecule has 0 spiro atoms. The van der Waals surface area contributed by atoms with Gasteiger partial charge in [0.25, 0.3) is 0 Å². The molecule has 0 aliphatic heterocycles. The average molecular weight is 344 g/mol. The Morgan fingerprint density at radius 1 is 0.500 bits per heavy atom. The monoisotopic (exact) mass is 343 g/mol. The fraction of sp³-hybridized carbons (Fsp3) is 1.00. The molecule has 3 heteroatoms. The maximum absolute atomic E-state index is 2.29. The van der Waals surface area contributed by atoms with Crippen molar-refractivity contribution in [2.75, 3.05) is 27.7 Å². The summed E-state index contributed by atoms with van der Waals surface area (Å²) in [5.41, 5.74) is 0. The third-order valence-corrected chi connectivity index (χ3v) is 4.18. The van der Waals surface area contributed by atoms with Crippen LogP contribution in [0.5, 0.6) is 0 Å². The Labute approximate surface area is 170 Å². The minimum absolute atomic E-state index is 0. The topological polar surface area (TPSA) is 0 Å². The number of hydrogen-bond acceptors (Lipinski definition) is 0. The SMILES string of the molecule is CCCCCCCCCCCCCCCC[N+](C)(C)C.Cl.[Na+]. The Hall–Kier alpha value is 1.25. The van der Waals surface area contributed by atoms with Gasteiger partial charge in [-0.25, -0.2) is 0 Å².